The molecule has 3 N–H and O–H groups in total. The van der Waals surface area contributed by atoms with E-state index in [0.29, 0.717) is 18.1 Å². The number of nitrogens with two attached hydrogens (primary N) is 1. The summed E-state index contributed by atoms with van der Waals surface area (Å²) in [5.74, 6) is 5.48. The molecule has 7 heteroatoms. The third-order valence-electron chi connectivity index (χ3n) is 2.48. The molecule has 1 aromatic heterocycles. The Hall–Kier alpha value is -1.73. The quantitative estimate of drug-likeness (QED) is 0.538. The van der Waals surface area contributed by atoms with Gasteiger partial charge in [0.15, 0.2) is 11.5 Å². The van der Waals surface area contributed by atoms with Gasteiger partial charge in [-0.3, -0.25) is 4.79 Å². The molecule has 0 aliphatic heterocycles. The van der Waals surface area contributed by atoms with E-state index in [-0.39, 0.29) is 5.91 Å². The first-order valence-electron chi connectivity index (χ1n) is 5.75. The van der Waals surface area contributed by atoms with Crippen LogP contribution in [-0.4, -0.2) is 60.1 Å². The fourth-order valence-electron chi connectivity index (χ4n) is 1.44. The van der Waals surface area contributed by atoms with E-state index >= 15 is 0 Å². The van der Waals surface area contributed by atoms with E-state index in [1.54, 1.807) is 24.1 Å². The lowest BCUT2D eigenvalue weighted by Gasteiger charge is -2.17. The molecule has 1 heterocycles. The van der Waals surface area contributed by atoms with Crippen molar-refractivity contribution in [3.63, 3.8) is 0 Å². The standard InChI is InChI=1S/C11H20N6O/c1-16(2)7-4-8-17(3)11(18)9-5-6-10(13-12)15-14-9/h5-6H,4,7-8,12H2,1-3H3,(H,13,15). The molecule has 0 fully saturated rings. The Bertz CT molecular complexity index is 378. The maximum Gasteiger partial charge on any atom is 0.274 e. The van der Waals surface area contributed by atoms with E-state index in [1.165, 1.54) is 0 Å². The highest BCUT2D eigenvalue weighted by atomic mass is 16.2. The van der Waals surface area contributed by atoms with Crippen molar-refractivity contribution in [3.8, 4) is 0 Å². The van der Waals surface area contributed by atoms with E-state index in [4.69, 9.17) is 5.84 Å². The van der Waals surface area contributed by atoms with Crippen molar-refractivity contribution in [2.75, 3.05) is 39.7 Å². The highest BCUT2D eigenvalue weighted by Gasteiger charge is 2.13. The fraction of sp³-hybridized carbons (Fsp3) is 0.545. The van der Waals surface area contributed by atoms with Crippen LogP contribution in [0.2, 0.25) is 0 Å². The van der Waals surface area contributed by atoms with E-state index in [2.05, 4.69) is 20.5 Å². The zero-order chi connectivity index (χ0) is 13.5. The monoisotopic (exact) mass is 252 g/mol. The van der Waals surface area contributed by atoms with Gasteiger partial charge in [-0.1, -0.05) is 0 Å². The van der Waals surface area contributed by atoms with Gasteiger partial charge in [0, 0.05) is 13.6 Å². The fourth-order valence-corrected chi connectivity index (χ4v) is 1.44. The van der Waals surface area contributed by atoms with Crippen molar-refractivity contribution < 1.29 is 4.79 Å². The summed E-state index contributed by atoms with van der Waals surface area (Å²) in [4.78, 5) is 15.7. The van der Waals surface area contributed by atoms with Crippen LogP contribution in [0, 0.1) is 0 Å². The molecule has 0 saturated carbocycles. The lowest BCUT2D eigenvalue weighted by molar-refractivity contribution is 0.0784. The van der Waals surface area contributed by atoms with Crippen molar-refractivity contribution in [2.24, 2.45) is 5.84 Å². The molecule has 0 aliphatic carbocycles. The average molecular weight is 252 g/mol. The van der Waals surface area contributed by atoms with Crippen LogP contribution in [0.25, 0.3) is 0 Å². The predicted molar refractivity (Wildman–Crippen MR) is 70.0 cm³/mol. The van der Waals surface area contributed by atoms with Crippen LogP contribution in [0.15, 0.2) is 12.1 Å². The number of nitrogen functional groups attached to an aromatic ring is 1. The molecule has 0 aromatic carbocycles. The zero-order valence-corrected chi connectivity index (χ0v) is 11.1. The molecule has 0 saturated heterocycles. The van der Waals surface area contributed by atoms with Crippen LogP contribution in [0.5, 0.6) is 0 Å². The number of aromatic nitrogens is 2. The van der Waals surface area contributed by atoms with Crippen molar-refractivity contribution in [3.05, 3.63) is 17.8 Å². The summed E-state index contributed by atoms with van der Waals surface area (Å²) in [6.45, 7) is 1.63. The van der Waals surface area contributed by atoms with Crippen LogP contribution < -0.4 is 11.3 Å². The molecule has 1 rings (SSSR count). The molecular formula is C11H20N6O. The number of nitrogens with one attached hydrogen (secondary N) is 1. The number of anilines is 1. The molecule has 0 unspecified atom stereocenters. The van der Waals surface area contributed by atoms with E-state index in [9.17, 15) is 4.79 Å². The number of amides is 1. The van der Waals surface area contributed by atoms with Crippen molar-refractivity contribution in [1.29, 1.82) is 0 Å². The smallest absolute Gasteiger partial charge is 0.274 e. The van der Waals surface area contributed by atoms with Gasteiger partial charge in [-0.2, -0.15) is 0 Å². The van der Waals surface area contributed by atoms with Gasteiger partial charge < -0.3 is 15.2 Å². The second-order valence-corrected chi connectivity index (χ2v) is 4.33. The summed E-state index contributed by atoms with van der Waals surface area (Å²) in [5, 5.41) is 7.59. The number of hydrazine groups is 1. The summed E-state index contributed by atoms with van der Waals surface area (Å²) in [6, 6.07) is 3.22. The molecule has 0 aliphatic rings. The van der Waals surface area contributed by atoms with Gasteiger partial charge in [-0.15, -0.1) is 10.2 Å². The minimum atomic E-state index is -0.134. The first-order chi connectivity index (χ1) is 8.54. The van der Waals surface area contributed by atoms with Crippen LogP contribution in [0.3, 0.4) is 0 Å². The highest BCUT2D eigenvalue weighted by Crippen LogP contribution is 2.03. The Labute approximate surface area is 107 Å². The minimum absolute atomic E-state index is 0.134. The van der Waals surface area contributed by atoms with Crippen LogP contribution in [0.4, 0.5) is 5.82 Å². The number of hydrogen-bond donors (Lipinski definition) is 2. The average Bonchev–Trinajstić information content (AvgIpc) is 2.37. The maximum absolute atomic E-state index is 12.0. The van der Waals surface area contributed by atoms with Crippen molar-refractivity contribution >= 4 is 11.7 Å². The Kier molecular flexibility index (Phi) is 5.47. The first kappa shape index (κ1) is 14.3. The summed E-state index contributed by atoms with van der Waals surface area (Å²) in [6.07, 6.45) is 0.922. The normalized spacial score (nSPS) is 10.5. The molecule has 1 amide bonds. The van der Waals surface area contributed by atoms with Crippen molar-refractivity contribution in [2.45, 2.75) is 6.42 Å². The van der Waals surface area contributed by atoms with Gasteiger partial charge in [0.05, 0.1) is 0 Å². The third kappa shape index (κ3) is 4.27. The Morgan fingerprint density at radius 2 is 2.00 bits per heavy atom. The Morgan fingerprint density at radius 1 is 1.28 bits per heavy atom. The third-order valence-corrected chi connectivity index (χ3v) is 2.48. The summed E-state index contributed by atoms with van der Waals surface area (Å²) in [5.41, 5.74) is 2.69. The predicted octanol–water partition coefficient (Wildman–Crippen LogP) is -0.214. The molecule has 0 atom stereocenters. The number of hydrogen-bond acceptors (Lipinski definition) is 6. The zero-order valence-electron chi connectivity index (χ0n) is 11.1. The molecular weight excluding hydrogens is 232 g/mol. The molecule has 100 valence electrons. The molecule has 0 radical (unpaired) electrons. The Balaban J connectivity index is 2.51. The van der Waals surface area contributed by atoms with Gasteiger partial charge in [0.2, 0.25) is 0 Å². The number of rotatable bonds is 6. The summed E-state index contributed by atoms with van der Waals surface area (Å²) in [7, 11) is 5.77. The topological polar surface area (TPSA) is 87.4 Å². The summed E-state index contributed by atoms with van der Waals surface area (Å²) >= 11 is 0. The van der Waals surface area contributed by atoms with Gasteiger partial charge in [-0.05, 0) is 39.2 Å². The van der Waals surface area contributed by atoms with Gasteiger partial charge in [-0.25, -0.2) is 5.84 Å². The van der Waals surface area contributed by atoms with E-state index in [1.807, 2.05) is 14.1 Å². The molecule has 7 nitrogen and oxygen atoms in total. The van der Waals surface area contributed by atoms with E-state index < -0.39 is 0 Å². The first-order valence-corrected chi connectivity index (χ1v) is 5.75. The number of carbonyl (C=O) groups excluding carboxylic acids is 1. The van der Waals surface area contributed by atoms with E-state index in [0.717, 1.165) is 13.0 Å². The van der Waals surface area contributed by atoms with Gasteiger partial charge in [0.25, 0.3) is 5.91 Å². The SMILES string of the molecule is CN(C)CCCN(C)C(=O)c1ccc(NN)nn1. The molecule has 18 heavy (non-hydrogen) atoms. The Morgan fingerprint density at radius 3 is 2.50 bits per heavy atom. The van der Waals surface area contributed by atoms with Gasteiger partial charge in [0.1, 0.15) is 0 Å². The maximum atomic E-state index is 12.0. The second-order valence-electron chi connectivity index (χ2n) is 4.33. The molecule has 1 aromatic rings. The van der Waals surface area contributed by atoms with Crippen LogP contribution in [-0.2, 0) is 0 Å². The second kappa shape index (κ2) is 6.87. The van der Waals surface area contributed by atoms with Crippen LogP contribution in [0.1, 0.15) is 16.9 Å². The molecule has 0 spiro atoms. The minimum Gasteiger partial charge on any atom is -0.340 e. The van der Waals surface area contributed by atoms with Crippen LogP contribution >= 0.6 is 0 Å². The van der Waals surface area contributed by atoms with Gasteiger partial charge >= 0.3 is 0 Å². The lowest BCUT2D eigenvalue weighted by Crippen LogP contribution is -2.30. The lowest BCUT2D eigenvalue weighted by atomic mass is 10.3. The summed E-state index contributed by atoms with van der Waals surface area (Å²) < 4.78 is 0. The number of carbonyl (C=O) groups is 1. The van der Waals surface area contributed by atoms with Crippen molar-refractivity contribution in [1.82, 2.24) is 20.0 Å². The molecule has 0 bridgehead atoms. The highest BCUT2D eigenvalue weighted by molar-refractivity contribution is 5.92. The largest absolute Gasteiger partial charge is 0.340 e. The number of nitrogens with zero attached hydrogens (tertiary/aromatic N) is 4.